The lowest BCUT2D eigenvalue weighted by Crippen LogP contribution is -2.47. The summed E-state index contributed by atoms with van der Waals surface area (Å²) in [5, 5.41) is 3.22. The van der Waals surface area contributed by atoms with Crippen LogP contribution in [0.1, 0.15) is 29.5 Å². The van der Waals surface area contributed by atoms with Crippen molar-refractivity contribution in [2.45, 2.75) is 32.1 Å². The summed E-state index contributed by atoms with van der Waals surface area (Å²) in [5.41, 5.74) is 4.00. The maximum atomic E-state index is 5.65. The number of ether oxygens (including phenoxy) is 2. The Bertz CT molecular complexity index is 439. The van der Waals surface area contributed by atoms with E-state index in [9.17, 15) is 0 Å². The predicted octanol–water partition coefficient (Wildman–Crippen LogP) is 2.58. The highest BCUT2D eigenvalue weighted by Gasteiger charge is 2.42. The third-order valence-corrected chi connectivity index (χ3v) is 4.03. The molecule has 0 atom stereocenters. The molecule has 1 aromatic carbocycles. The molecule has 0 aliphatic carbocycles. The van der Waals surface area contributed by atoms with Gasteiger partial charge in [0.1, 0.15) is 5.75 Å². The lowest BCUT2D eigenvalue weighted by molar-refractivity contribution is -0.0660. The fourth-order valence-corrected chi connectivity index (χ4v) is 3.01. The van der Waals surface area contributed by atoms with Crippen LogP contribution in [0.5, 0.6) is 5.75 Å². The quantitative estimate of drug-likeness (QED) is 0.800. The average Bonchev–Trinajstić information content (AvgIpc) is 2.32. The monoisotopic (exact) mass is 263 g/mol. The normalized spacial score (nSPS) is 17.1. The summed E-state index contributed by atoms with van der Waals surface area (Å²) in [4.78, 5) is 0. The fourth-order valence-electron chi connectivity index (χ4n) is 3.01. The van der Waals surface area contributed by atoms with E-state index in [0.717, 1.165) is 38.3 Å². The highest BCUT2D eigenvalue weighted by molar-refractivity contribution is 5.49. The van der Waals surface area contributed by atoms with Crippen molar-refractivity contribution in [1.29, 1.82) is 0 Å². The predicted molar refractivity (Wildman–Crippen MR) is 78.1 cm³/mol. The number of rotatable bonds is 6. The smallest absolute Gasteiger partial charge is 0.125 e. The van der Waals surface area contributed by atoms with E-state index in [4.69, 9.17) is 9.47 Å². The van der Waals surface area contributed by atoms with Gasteiger partial charge in [0.2, 0.25) is 0 Å². The molecule has 3 nitrogen and oxygen atoms in total. The third kappa shape index (κ3) is 2.77. The summed E-state index contributed by atoms with van der Waals surface area (Å²) in [6.45, 7) is 6.95. The largest absolute Gasteiger partial charge is 0.496 e. The Morgan fingerprint density at radius 3 is 2.58 bits per heavy atom. The third-order valence-electron chi connectivity index (χ3n) is 4.03. The minimum absolute atomic E-state index is 0.152. The van der Waals surface area contributed by atoms with E-state index in [1.165, 1.54) is 16.7 Å². The van der Waals surface area contributed by atoms with Crippen molar-refractivity contribution in [3.8, 4) is 5.75 Å². The number of methoxy groups -OCH3 is 1. The molecular formula is C16H25NO2. The minimum Gasteiger partial charge on any atom is -0.496 e. The van der Waals surface area contributed by atoms with Crippen molar-refractivity contribution < 1.29 is 9.47 Å². The maximum Gasteiger partial charge on any atom is 0.125 e. The van der Waals surface area contributed by atoms with Gasteiger partial charge in [0, 0.05) is 11.0 Å². The molecule has 0 bridgehead atoms. The molecule has 0 amide bonds. The van der Waals surface area contributed by atoms with Gasteiger partial charge in [-0.15, -0.1) is 0 Å². The van der Waals surface area contributed by atoms with Gasteiger partial charge >= 0.3 is 0 Å². The maximum absolute atomic E-state index is 5.65. The van der Waals surface area contributed by atoms with E-state index in [1.54, 1.807) is 7.11 Å². The highest BCUT2D eigenvalue weighted by atomic mass is 16.5. The molecule has 106 valence electrons. The second-order valence-electron chi connectivity index (χ2n) is 5.64. The van der Waals surface area contributed by atoms with Gasteiger partial charge in [0.05, 0.1) is 20.3 Å². The molecule has 1 fully saturated rings. The highest BCUT2D eigenvalue weighted by Crippen LogP contribution is 2.43. The van der Waals surface area contributed by atoms with Gasteiger partial charge in [0.25, 0.3) is 0 Å². The zero-order valence-electron chi connectivity index (χ0n) is 12.5. The van der Waals surface area contributed by atoms with Crippen LogP contribution in [0.4, 0.5) is 0 Å². The molecular weight excluding hydrogens is 238 g/mol. The van der Waals surface area contributed by atoms with Crippen molar-refractivity contribution in [2.24, 2.45) is 0 Å². The second-order valence-corrected chi connectivity index (χ2v) is 5.64. The van der Waals surface area contributed by atoms with Crippen LogP contribution >= 0.6 is 0 Å². The van der Waals surface area contributed by atoms with Gasteiger partial charge in [0.15, 0.2) is 0 Å². The molecule has 0 spiro atoms. The SMILES string of the molecule is CNCCCC1(c2cc(C)cc(C)c2OC)COC1. The Morgan fingerprint density at radius 1 is 1.32 bits per heavy atom. The molecule has 1 aliphatic heterocycles. The van der Waals surface area contributed by atoms with Crippen molar-refractivity contribution in [2.75, 3.05) is 33.9 Å². The second kappa shape index (κ2) is 5.93. The molecule has 0 aromatic heterocycles. The van der Waals surface area contributed by atoms with E-state index >= 15 is 0 Å². The van der Waals surface area contributed by atoms with Crippen molar-refractivity contribution in [3.05, 3.63) is 28.8 Å². The van der Waals surface area contributed by atoms with Crippen molar-refractivity contribution in [3.63, 3.8) is 0 Å². The standard InChI is InChI=1S/C16H25NO2/c1-12-8-13(2)15(18-4)14(9-12)16(10-19-11-16)6-5-7-17-3/h8-9,17H,5-7,10-11H2,1-4H3. The molecule has 0 saturated carbocycles. The summed E-state index contributed by atoms with van der Waals surface area (Å²) in [5.74, 6) is 1.04. The first-order chi connectivity index (χ1) is 9.13. The van der Waals surface area contributed by atoms with Gasteiger partial charge in [-0.25, -0.2) is 0 Å². The minimum atomic E-state index is 0.152. The molecule has 0 unspecified atom stereocenters. The molecule has 1 aliphatic rings. The number of benzene rings is 1. The number of hydrogen-bond donors (Lipinski definition) is 1. The molecule has 3 heteroatoms. The van der Waals surface area contributed by atoms with Crippen LogP contribution in [-0.4, -0.2) is 33.9 Å². The Labute approximate surface area is 116 Å². The fraction of sp³-hybridized carbons (Fsp3) is 0.625. The summed E-state index contributed by atoms with van der Waals surface area (Å²) < 4.78 is 11.2. The lowest BCUT2D eigenvalue weighted by Gasteiger charge is -2.43. The van der Waals surface area contributed by atoms with Crippen LogP contribution in [0.25, 0.3) is 0 Å². The molecule has 1 heterocycles. The van der Waals surface area contributed by atoms with Crippen LogP contribution in [-0.2, 0) is 10.2 Å². The average molecular weight is 263 g/mol. The summed E-state index contributed by atoms with van der Waals surface area (Å²) >= 11 is 0. The van der Waals surface area contributed by atoms with Gasteiger partial charge in [-0.1, -0.05) is 17.7 Å². The molecule has 2 rings (SSSR count). The number of nitrogens with one attached hydrogen (secondary N) is 1. The summed E-state index contributed by atoms with van der Waals surface area (Å²) in [6.07, 6.45) is 2.31. The molecule has 1 saturated heterocycles. The molecule has 1 N–H and O–H groups in total. The van der Waals surface area contributed by atoms with Crippen LogP contribution in [0.2, 0.25) is 0 Å². The zero-order chi connectivity index (χ0) is 13.9. The lowest BCUT2D eigenvalue weighted by atomic mass is 9.73. The summed E-state index contributed by atoms with van der Waals surface area (Å²) in [6, 6.07) is 4.46. The van der Waals surface area contributed by atoms with E-state index in [1.807, 2.05) is 7.05 Å². The Hall–Kier alpha value is -1.06. The van der Waals surface area contributed by atoms with E-state index in [-0.39, 0.29) is 5.41 Å². The first kappa shape index (κ1) is 14.4. The molecule has 1 aromatic rings. The van der Waals surface area contributed by atoms with Gasteiger partial charge in [-0.2, -0.15) is 0 Å². The molecule has 0 radical (unpaired) electrons. The van der Waals surface area contributed by atoms with E-state index in [0.29, 0.717) is 0 Å². The van der Waals surface area contributed by atoms with Gasteiger partial charge in [-0.3, -0.25) is 0 Å². The van der Waals surface area contributed by atoms with Crippen molar-refractivity contribution >= 4 is 0 Å². The van der Waals surface area contributed by atoms with Gasteiger partial charge in [-0.05, 0) is 45.8 Å². The Morgan fingerprint density at radius 2 is 2.05 bits per heavy atom. The Kier molecular flexibility index (Phi) is 4.48. The van der Waals surface area contributed by atoms with Crippen LogP contribution in [0, 0.1) is 13.8 Å². The topological polar surface area (TPSA) is 30.5 Å². The zero-order valence-corrected chi connectivity index (χ0v) is 12.5. The number of aryl methyl sites for hydroxylation is 2. The number of hydrogen-bond acceptors (Lipinski definition) is 3. The van der Waals surface area contributed by atoms with Crippen LogP contribution in [0.3, 0.4) is 0 Å². The van der Waals surface area contributed by atoms with E-state index in [2.05, 4.69) is 31.3 Å². The van der Waals surface area contributed by atoms with Gasteiger partial charge < -0.3 is 14.8 Å². The van der Waals surface area contributed by atoms with Crippen LogP contribution in [0.15, 0.2) is 12.1 Å². The van der Waals surface area contributed by atoms with E-state index < -0.39 is 0 Å². The van der Waals surface area contributed by atoms with Crippen molar-refractivity contribution in [1.82, 2.24) is 5.32 Å². The van der Waals surface area contributed by atoms with Crippen LogP contribution < -0.4 is 10.1 Å². The first-order valence-corrected chi connectivity index (χ1v) is 7.01. The molecule has 19 heavy (non-hydrogen) atoms. The Balaban J connectivity index is 2.32. The summed E-state index contributed by atoms with van der Waals surface area (Å²) in [7, 11) is 3.77. The first-order valence-electron chi connectivity index (χ1n) is 7.01.